The van der Waals surface area contributed by atoms with Crippen molar-refractivity contribution in [2.75, 3.05) is 34.5 Å². The number of terminal acetylenes is 3. The average molecular weight is 1240 g/mol. The van der Waals surface area contributed by atoms with Crippen molar-refractivity contribution in [2.45, 2.75) is 110 Å². The van der Waals surface area contributed by atoms with Crippen LogP contribution < -0.4 is 20.7 Å². The number of aliphatic hydroxyl groups is 1. The first-order valence-electron chi connectivity index (χ1n) is 20.5. The zero-order valence-electron chi connectivity index (χ0n) is 40.1. The number of carbonyl (C=O) groups is 6. The van der Waals surface area contributed by atoms with E-state index >= 15 is 0 Å². The van der Waals surface area contributed by atoms with E-state index in [4.69, 9.17) is 58.3 Å². The third-order valence-corrected chi connectivity index (χ3v) is 9.81. The number of carboxylic acid groups (broad SMARTS) is 1. The van der Waals surface area contributed by atoms with Gasteiger partial charge in [0.1, 0.15) is 53.0 Å². The van der Waals surface area contributed by atoms with Gasteiger partial charge in [-0.2, -0.15) is 0 Å². The van der Waals surface area contributed by atoms with Crippen LogP contribution >= 0.6 is 72.5 Å². The predicted octanol–water partition coefficient (Wildman–Crippen LogP) is 8.14. The summed E-state index contributed by atoms with van der Waals surface area (Å²) < 4.78 is 26.2. The van der Waals surface area contributed by atoms with Crippen LogP contribution in [0.25, 0.3) is 0 Å². The number of amides is 3. The van der Waals surface area contributed by atoms with Crippen molar-refractivity contribution in [2.24, 2.45) is 0 Å². The van der Waals surface area contributed by atoms with Crippen molar-refractivity contribution in [1.29, 1.82) is 0 Å². The van der Waals surface area contributed by atoms with E-state index in [-0.39, 0.29) is 42.0 Å². The van der Waals surface area contributed by atoms with Crippen LogP contribution in [0.5, 0.6) is 11.5 Å². The Bertz CT molecular complexity index is 2000. The Labute approximate surface area is 442 Å². The van der Waals surface area contributed by atoms with Crippen LogP contribution in [0.3, 0.4) is 0 Å². The van der Waals surface area contributed by atoms with Gasteiger partial charge in [0.2, 0.25) is 0 Å². The minimum absolute atomic E-state index is 0.0281. The van der Waals surface area contributed by atoms with Gasteiger partial charge in [0.25, 0.3) is 0 Å². The van der Waals surface area contributed by atoms with Gasteiger partial charge in [0.05, 0.1) is 23.9 Å². The van der Waals surface area contributed by atoms with E-state index in [1.54, 1.807) is 98.7 Å². The third kappa shape index (κ3) is 37.2. The van der Waals surface area contributed by atoms with Crippen LogP contribution in [0, 0.1) is 37.0 Å². The van der Waals surface area contributed by atoms with Gasteiger partial charge in [-0.05, 0) is 97.7 Å². The quantitative estimate of drug-likeness (QED) is 0.0194. The molecule has 2 aromatic rings. The molecule has 0 saturated carbocycles. The molecule has 0 saturated heterocycles. The SMILES string of the molecule is C#CCSCC(NC(=O)OC(C)(C)C)C(=O)O.C#CCSCC(NC(=O)OC(C)(C)C)C(=O)OCc1ccc(OC(=O)C(CSCC#C)NC(=O)OC(C)(C)C)cc1.II.OCc1ccc(O)cc1. The normalized spacial score (nSPS) is 11.8. The number of nitrogens with one attached hydrogen (secondary N) is 3. The minimum Gasteiger partial charge on any atom is -0.508 e. The maximum Gasteiger partial charge on any atom is 0.408 e. The lowest BCUT2D eigenvalue weighted by Gasteiger charge is -2.23. The molecule has 3 amide bonds. The number of aromatic hydroxyl groups is 1. The fourth-order valence-electron chi connectivity index (χ4n) is 4.27. The van der Waals surface area contributed by atoms with Crippen molar-refractivity contribution in [3.63, 3.8) is 0 Å². The first-order valence-corrected chi connectivity index (χ1v) is 30.2. The van der Waals surface area contributed by atoms with Crippen LogP contribution in [0.1, 0.15) is 73.4 Å². The Kier molecular flexibility index (Phi) is 35.3. The number of thioether (sulfide) groups is 3. The first-order chi connectivity index (χ1) is 32.2. The van der Waals surface area contributed by atoms with Gasteiger partial charge in [-0.25, -0.2) is 28.8 Å². The Morgan fingerprint density at radius 2 is 0.942 bits per heavy atom. The molecule has 0 bridgehead atoms. The number of benzene rings is 2. The van der Waals surface area contributed by atoms with Gasteiger partial charge in [-0.1, -0.05) is 42.0 Å². The van der Waals surface area contributed by atoms with Crippen molar-refractivity contribution >= 4 is 109 Å². The molecule has 0 spiro atoms. The lowest BCUT2D eigenvalue weighted by Crippen LogP contribution is -2.46. The van der Waals surface area contributed by atoms with Crippen molar-refractivity contribution < 1.29 is 67.8 Å². The number of aliphatic carboxylic acids is 1. The van der Waals surface area contributed by atoms with Crippen LogP contribution in [0.15, 0.2) is 48.5 Å². The van der Waals surface area contributed by atoms with E-state index in [0.717, 1.165) is 5.56 Å². The van der Waals surface area contributed by atoms with E-state index in [9.17, 15) is 28.8 Å². The molecule has 0 aliphatic rings. The molecule has 3 unspecified atom stereocenters. The second-order valence-electron chi connectivity index (χ2n) is 16.6. The summed E-state index contributed by atoms with van der Waals surface area (Å²) in [5, 5.41) is 33.5. The zero-order chi connectivity index (χ0) is 53.2. The molecule has 69 heavy (non-hydrogen) atoms. The van der Waals surface area contributed by atoms with Gasteiger partial charge in [-0.15, -0.1) is 54.6 Å². The Morgan fingerprint density at radius 1 is 0.594 bits per heavy atom. The van der Waals surface area contributed by atoms with Gasteiger partial charge < -0.3 is 55.0 Å². The van der Waals surface area contributed by atoms with Crippen molar-refractivity contribution in [3.8, 4) is 48.5 Å². The second kappa shape index (κ2) is 36.5. The monoisotopic (exact) mass is 1240 g/mol. The number of hydrogen-bond donors (Lipinski definition) is 6. The first kappa shape index (κ1) is 66.7. The van der Waals surface area contributed by atoms with Gasteiger partial charge in [-0.3, -0.25) is 0 Å². The highest BCUT2D eigenvalue weighted by Gasteiger charge is 2.28. The number of aliphatic hydroxyl groups excluding tert-OH is 1. The highest BCUT2D eigenvalue weighted by Crippen LogP contribution is 2.17. The third-order valence-electron chi connectivity index (χ3n) is 6.99. The van der Waals surface area contributed by atoms with Gasteiger partial charge >= 0.3 is 36.2 Å². The lowest BCUT2D eigenvalue weighted by atomic mass is 10.2. The van der Waals surface area contributed by atoms with Crippen molar-refractivity contribution in [1.82, 2.24) is 16.0 Å². The predicted molar refractivity (Wildman–Crippen MR) is 290 cm³/mol. The topological polar surface area (TPSA) is 245 Å². The lowest BCUT2D eigenvalue weighted by molar-refractivity contribution is -0.147. The highest BCUT2D eigenvalue weighted by molar-refractivity contribution is 15.0. The van der Waals surface area contributed by atoms with Gasteiger partial charge in [0, 0.05) is 54.5 Å². The summed E-state index contributed by atoms with van der Waals surface area (Å²) in [5.41, 5.74) is -0.705. The molecule has 3 atom stereocenters. The molecule has 6 N–H and O–H groups in total. The summed E-state index contributed by atoms with van der Waals surface area (Å²) in [4.78, 5) is 72.1. The highest BCUT2D eigenvalue weighted by atomic mass is 128. The zero-order valence-corrected chi connectivity index (χ0v) is 46.8. The maximum atomic E-state index is 12.8. The van der Waals surface area contributed by atoms with Crippen LogP contribution in [-0.2, 0) is 46.5 Å². The number of ether oxygens (including phenoxy) is 5. The Morgan fingerprint density at radius 3 is 1.29 bits per heavy atom. The molecule has 0 aliphatic carbocycles. The molecule has 382 valence electrons. The molecule has 22 heteroatoms. The van der Waals surface area contributed by atoms with E-state index in [0.29, 0.717) is 22.8 Å². The molecule has 2 aromatic carbocycles. The summed E-state index contributed by atoms with van der Waals surface area (Å²) in [6, 6.07) is 9.77. The molecular formula is C47H63I2N3O14S3. The van der Waals surface area contributed by atoms with E-state index in [1.807, 2.05) is 0 Å². The number of carbonyl (C=O) groups excluding carboxylic acids is 5. The number of halogens is 2. The fourth-order valence-corrected chi connectivity index (χ4v) is 6.34. The van der Waals surface area contributed by atoms with Crippen LogP contribution in [0.2, 0.25) is 0 Å². The Hall–Kier alpha value is -4.39. The standard InChI is InChI=1S/C29H38N2O8S2.C11H17NO4S.C7H8O2.I2/c1-9-15-40-18-22(30-26(34)38-28(3,4)5)24(32)36-17-20-11-13-21(14-12-20)37-25(33)23(19-41-16-10-2)31-27(35)39-29(6,7)8;1-5-6-17-7-8(9(13)14)12-10(15)16-11(2,3)4;8-5-6-1-3-7(9)4-2-6;1-2/h1-2,11-14,22-23H,15-19H2,3-8H3,(H,30,34)(H,31,35);1,8H,6-7H2,2-4H3,(H,12,15)(H,13,14);1-4,8-9H,5H2;. The van der Waals surface area contributed by atoms with Crippen LogP contribution in [-0.4, -0.2) is 121 Å². The molecule has 17 nitrogen and oxygen atoms in total. The number of phenolic OH excluding ortho intramolecular Hbond substituents is 1. The summed E-state index contributed by atoms with van der Waals surface area (Å²) in [5.74, 6) is 7.00. The number of rotatable bonds is 19. The minimum atomic E-state index is -1.11. The summed E-state index contributed by atoms with van der Waals surface area (Å²) in [7, 11) is 0. The molecule has 0 aliphatic heterocycles. The van der Waals surface area contributed by atoms with Gasteiger partial charge in [0.15, 0.2) is 0 Å². The number of alkyl carbamates (subject to hydrolysis) is 3. The van der Waals surface area contributed by atoms with E-state index in [2.05, 4.69) is 70.9 Å². The van der Waals surface area contributed by atoms with Crippen LogP contribution in [0.4, 0.5) is 14.4 Å². The smallest absolute Gasteiger partial charge is 0.408 e. The second-order valence-corrected chi connectivity index (χ2v) is 19.7. The van der Waals surface area contributed by atoms with E-state index < -0.39 is 71.1 Å². The van der Waals surface area contributed by atoms with E-state index in [1.165, 1.54) is 47.4 Å². The van der Waals surface area contributed by atoms with Crippen molar-refractivity contribution in [3.05, 3.63) is 59.7 Å². The average Bonchev–Trinajstić information content (AvgIpc) is 3.24. The maximum absolute atomic E-state index is 12.8. The molecule has 2 rings (SSSR count). The number of hydrogen-bond acceptors (Lipinski definition) is 16. The molecule has 0 radical (unpaired) electrons. The summed E-state index contributed by atoms with van der Waals surface area (Å²) in [6.07, 6.45) is 13.4. The number of phenols is 1. The molecule has 0 aromatic heterocycles. The summed E-state index contributed by atoms with van der Waals surface area (Å²) in [6.45, 7) is 15.3. The summed E-state index contributed by atoms with van der Waals surface area (Å²) >= 11 is 8.08. The largest absolute Gasteiger partial charge is 0.508 e. The number of carboxylic acids is 1. The molecule has 0 fully saturated rings. The number of esters is 2. The molecule has 0 heterocycles. The fraction of sp³-hybridized carbons (Fsp3) is 0.489. The Balaban J connectivity index is 0. The molecular weight excluding hydrogens is 1180 g/mol.